The molecule has 2 heterocycles. The van der Waals surface area contributed by atoms with E-state index >= 15 is 0 Å². The summed E-state index contributed by atoms with van der Waals surface area (Å²) in [6.07, 6.45) is 0.140. The van der Waals surface area contributed by atoms with Gasteiger partial charge in [0.1, 0.15) is 17.7 Å². The number of likely N-dealkylation sites (N-methyl/N-ethyl adjacent to an activating group) is 1. The fraction of sp³-hybridized carbons (Fsp3) is 0.222. The second-order valence-electron chi connectivity index (χ2n) is 6.15. The van der Waals surface area contributed by atoms with E-state index in [9.17, 15) is 14.0 Å². The molecule has 0 radical (unpaired) electrons. The average molecular weight is 355 g/mol. The lowest BCUT2D eigenvalue weighted by atomic mass is 9.77. The van der Waals surface area contributed by atoms with Gasteiger partial charge in [-0.05, 0) is 41.6 Å². The summed E-state index contributed by atoms with van der Waals surface area (Å²) in [5, 5.41) is 18.7. The third kappa shape index (κ3) is 2.65. The largest absolute Gasteiger partial charge is 0.297 e. The minimum Gasteiger partial charge on any atom is -0.297 e. The van der Waals surface area contributed by atoms with Gasteiger partial charge in [-0.2, -0.15) is 5.26 Å². The van der Waals surface area contributed by atoms with Gasteiger partial charge in [0.25, 0.3) is 5.91 Å². The summed E-state index contributed by atoms with van der Waals surface area (Å²) in [5.74, 6) is -1.73. The van der Waals surface area contributed by atoms with Crippen molar-refractivity contribution in [3.8, 4) is 17.2 Å². The fourth-order valence-corrected chi connectivity index (χ4v) is 3.89. The van der Waals surface area contributed by atoms with Crippen molar-refractivity contribution in [2.24, 2.45) is 0 Å². The number of hydrogen-bond donors (Lipinski definition) is 1. The van der Waals surface area contributed by atoms with Crippen LogP contribution in [-0.2, 0) is 15.0 Å². The molecule has 1 N–H and O–H groups in total. The fourth-order valence-electron chi connectivity index (χ4n) is 2.81. The summed E-state index contributed by atoms with van der Waals surface area (Å²) < 4.78 is 13.5. The second kappa shape index (κ2) is 5.90. The normalized spacial score (nSPS) is 20.7. The van der Waals surface area contributed by atoms with Crippen LogP contribution in [0, 0.1) is 22.6 Å². The highest BCUT2D eigenvalue weighted by Crippen LogP contribution is 2.39. The van der Waals surface area contributed by atoms with Gasteiger partial charge in [0.15, 0.2) is 0 Å². The van der Waals surface area contributed by atoms with Gasteiger partial charge in [-0.3, -0.25) is 19.9 Å². The van der Waals surface area contributed by atoms with E-state index in [-0.39, 0.29) is 17.8 Å². The zero-order valence-electron chi connectivity index (χ0n) is 13.6. The molecule has 25 heavy (non-hydrogen) atoms. The van der Waals surface area contributed by atoms with Crippen molar-refractivity contribution in [2.75, 3.05) is 7.05 Å². The Morgan fingerprint density at radius 2 is 2.04 bits per heavy atom. The van der Waals surface area contributed by atoms with Gasteiger partial charge in [0.05, 0.1) is 11.0 Å². The Labute approximate surface area is 147 Å². The number of nitriles is 1. The Morgan fingerprint density at radius 3 is 2.72 bits per heavy atom. The Kier molecular flexibility index (Phi) is 4.01. The Balaban J connectivity index is 2.01. The number of amidine groups is 1. The molecule has 7 heteroatoms. The molecule has 1 saturated heterocycles. The molecule has 1 aliphatic rings. The maximum absolute atomic E-state index is 13.5. The topological polar surface area (TPSA) is 85.0 Å². The lowest BCUT2D eigenvalue weighted by Gasteiger charge is -2.35. The predicted octanol–water partition coefficient (Wildman–Crippen LogP) is 3.09. The van der Waals surface area contributed by atoms with E-state index in [0.717, 1.165) is 10.5 Å². The van der Waals surface area contributed by atoms with Crippen LogP contribution in [0.3, 0.4) is 0 Å². The summed E-state index contributed by atoms with van der Waals surface area (Å²) in [5.41, 5.74) is 0.264. The summed E-state index contributed by atoms with van der Waals surface area (Å²) in [6.45, 7) is 1.66. The monoisotopic (exact) mass is 355 g/mol. The molecule has 0 saturated carbocycles. The van der Waals surface area contributed by atoms with Crippen molar-refractivity contribution in [1.29, 1.82) is 10.7 Å². The van der Waals surface area contributed by atoms with Crippen LogP contribution >= 0.6 is 11.3 Å². The third-order valence-corrected chi connectivity index (χ3v) is 5.68. The number of hydrogen-bond acceptors (Lipinski definition) is 5. The molecule has 1 atom stereocenters. The number of ketones is 1. The first-order chi connectivity index (χ1) is 11.8. The van der Waals surface area contributed by atoms with Crippen molar-refractivity contribution < 1.29 is 14.0 Å². The maximum atomic E-state index is 13.5. The first kappa shape index (κ1) is 17.0. The van der Waals surface area contributed by atoms with E-state index < -0.39 is 22.9 Å². The van der Waals surface area contributed by atoms with Crippen LogP contribution in [0.15, 0.2) is 29.6 Å². The molecule has 0 spiro atoms. The molecule has 1 aromatic carbocycles. The van der Waals surface area contributed by atoms with Crippen LogP contribution in [-0.4, -0.2) is 29.5 Å². The number of nitrogens with one attached hydrogen (secondary N) is 1. The minimum atomic E-state index is -1.08. The third-order valence-electron chi connectivity index (χ3n) is 4.49. The average Bonchev–Trinajstić information content (AvgIpc) is 3.09. The van der Waals surface area contributed by atoms with Gasteiger partial charge >= 0.3 is 0 Å². The summed E-state index contributed by atoms with van der Waals surface area (Å²) in [4.78, 5) is 26.3. The van der Waals surface area contributed by atoms with Crippen LogP contribution in [0.5, 0.6) is 0 Å². The lowest BCUT2D eigenvalue weighted by molar-refractivity contribution is -0.145. The smallest absolute Gasteiger partial charge is 0.295 e. The predicted molar refractivity (Wildman–Crippen MR) is 91.9 cm³/mol. The first-order valence-corrected chi connectivity index (χ1v) is 8.35. The number of amides is 1. The van der Waals surface area contributed by atoms with E-state index in [0.29, 0.717) is 10.4 Å². The number of likely N-dealkylation sites (tertiary alicyclic amines) is 1. The number of piperidine rings is 1. The standard InChI is InChI=1S/C18H14FN3O2S/c1-18(7-15(21)22(2)17(24)16(18)23)14-6-12(9-25-14)10-3-4-13(19)11(5-10)8-20/h3-6,9,21H,7H2,1-2H3/t18-/m1/s1. The quantitative estimate of drug-likeness (QED) is 0.840. The van der Waals surface area contributed by atoms with E-state index in [1.54, 1.807) is 30.5 Å². The molecule has 126 valence electrons. The summed E-state index contributed by atoms with van der Waals surface area (Å²) >= 11 is 1.31. The molecule has 5 nitrogen and oxygen atoms in total. The van der Waals surface area contributed by atoms with Crippen LogP contribution in [0.2, 0.25) is 0 Å². The number of nitrogens with zero attached hydrogens (tertiary/aromatic N) is 2. The van der Waals surface area contributed by atoms with Crippen molar-refractivity contribution in [1.82, 2.24) is 4.90 Å². The molecule has 1 amide bonds. The van der Waals surface area contributed by atoms with Gasteiger partial charge in [-0.15, -0.1) is 11.3 Å². The van der Waals surface area contributed by atoms with Gasteiger partial charge < -0.3 is 0 Å². The highest BCUT2D eigenvalue weighted by molar-refractivity contribution is 7.10. The van der Waals surface area contributed by atoms with Gasteiger partial charge in [-0.1, -0.05) is 6.07 Å². The molecule has 2 aromatic rings. The number of carbonyl (C=O) groups is 2. The molecule has 0 unspecified atom stereocenters. The molecule has 1 aromatic heterocycles. The van der Waals surface area contributed by atoms with E-state index in [1.165, 1.54) is 30.5 Å². The van der Waals surface area contributed by atoms with E-state index in [2.05, 4.69) is 0 Å². The van der Waals surface area contributed by atoms with Crippen LogP contribution in [0.4, 0.5) is 4.39 Å². The summed E-state index contributed by atoms with van der Waals surface area (Å²) in [6, 6.07) is 7.81. The lowest BCUT2D eigenvalue weighted by Crippen LogP contribution is -2.53. The minimum absolute atomic E-state index is 0.0521. The first-order valence-electron chi connectivity index (χ1n) is 7.47. The van der Waals surface area contributed by atoms with Crippen molar-refractivity contribution in [3.05, 3.63) is 45.9 Å². The van der Waals surface area contributed by atoms with E-state index in [1.807, 2.05) is 0 Å². The molecule has 0 bridgehead atoms. The van der Waals surface area contributed by atoms with Crippen LogP contribution < -0.4 is 0 Å². The number of halogens is 1. The number of benzene rings is 1. The molecule has 1 fully saturated rings. The summed E-state index contributed by atoms with van der Waals surface area (Å²) in [7, 11) is 1.42. The Morgan fingerprint density at radius 1 is 1.32 bits per heavy atom. The number of Topliss-reactive ketones (excluding diaryl/α,β-unsaturated/α-hetero) is 1. The van der Waals surface area contributed by atoms with Gasteiger partial charge in [-0.25, -0.2) is 4.39 Å². The second-order valence-corrected chi connectivity index (χ2v) is 7.07. The maximum Gasteiger partial charge on any atom is 0.295 e. The van der Waals surface area contributed by atoms with Crippen LogP contribution in [0.1, 0.15) is 23.8 Å². The van der Waals surface area contributed by atoms with E-state index in [4.69, 9.17) is 10.7 Å². The highest BCUT2D eigenvalue weighted by Gasteiger charge is 2.47. The van der Waals surface area contributed by atoms with Gasteiger partial charge in [0.2, 0.25) is 5.78 Å². The van der Waals surface area contributed by atoms with Crippen molar-refractivity contribution in [3.63, 3.8) is 0 Å². The highest BCUT2D eigenvalue weighted by atomic mass is 32.1. The van der Waals surface area contributed by atoms with Gasteiger partial charge in [0, 0.05) is 18.3 Å². The molecule has 0 aliphatic carbocycles. The van der Waals surface area contributed by atoms with Crippen LogP contribution in [0.25, 0.3) is 11.1 Å². The SMILES string of the molecule is CN1C(=N)C[C@](C)(c2cc(-c3ccc(F)c(C#N)c3)cs2)C(=O)C1=O. The zero-order valence-corrected chi connectivity index (χ0v) is 14.4. The Hall–Kier alpha value is -2.85. The number of thiophene rings is 1. The Bertz CT molecular complexity index is 959. The zero-order chi connectivity index (χ0) is 18.4. The molecular formula is C18H14FN3O2S. The van der Waals surface area contributed by atoms with Crippen molar-refractivity contribution in [2.45, 2.75) is 18.8 Å². The number of rotatable bonds is 2. The molecule has 1 aliphatic heterocycles. The van der Waals surface area contributed by atoms with Crippen molar-refractivity contribution >= 4 is 28.9 Å². The molecule has 3 rings (SSSR count). The number of carbonyl (C=O) groups excluding carboxylic acids is 2. The molecular weight excluding hydrogens is 341 g/mol.